The first-order valence-electron chi connectivity index (χ1n) is 10.4. The lowest BCUT2D eigenvalue weighted by atomic mass is 10.1. The molecule has 4 nitrogen and oxygen atoms in total. The Balaban J connectivity index is 3.91. The molecule has 0 N–H and O–H groups in total. The monoisotopic (exact) mass is 416 g/mol. The Hall–Kier alpha value is -0.626. The van der Waals surface area contributed by atoms with Crippen LogP contribution in [-0.4, -0.2) is 28.6 Å². The molecule has 160 valence electrons. The van der Waals surface area contributed by atoms with E-state index in [0.717, 1.165) is 32.1 Å². The van der Waals surface area contributed by atoms with Gasteiger partial charge >= 0.3 is 0 Å². The van der Waals surface area contributed by atoms with Crippen molar-refractivity contribution in [3.05, 3.63) is 0 Å². The molecular weight excluding hydrogens is 372 g/mol. The smallest absolute Gasteiger partial charge is 0.292 e. The fourth-order valence-corrected chi connectivity index (χ4v) is 4.00. The molecule has 0 rings (SSSR count). The van der Waals surface area contributed by atoms with E-state index < -0.39 is 16.6 Å². The van der Waals surface area contributed by atoms with Gasteiger partial charge in [-0.05, 0) is 49.1 Å². The molecule has 0 atom stereocenters. The first-order valence-corrected chi connectivity index (χ1v) is 16.2. The third-order valence-corrected chi connectivity index (χ3v) is 14.8. The average Bonchev–Trinajstić information content (AvgIpc) is 2.42. The summed E-state index contributed by atoms with van der Waals surface area (Å²) in [5, 5.41) is 0.114. The summed E-state index contributed by atoms with van der Waals surface area (Å²) in [6, 6.07) is 0. The number of hydrogen-bond donors (Lipinski definition) is 0. The van der Waals surface area contributed by atoms with Gasteiger partial charge in [-0.25, -0.2) is 0 Å². The van der Waals surface area contributed by atoms with Gasteiger partial charge in [-0.2, -0.15) is 0 Å². The maximum atomic E-state index is 12.1. The fourth-order valence-electron chi connectivity index (χ4n) is 2.05. The molecule has 0 aromatic rings. The predicted octanol–water partition coefficient (Wildman–Crippen LogP) is 6.81. The lowest BCUT2D eigenvalue weighted by Gasteiger charge is -2.35. The molecule has 0 saturated heterocycles. The van der Waals surface area contributed by atoms with E-state index in [1.807, 2.05) is 0 Å². The van der Waals surface area contributed by atoms with Gasteiger partial charge in [0.1, 0.15) is 0 Å². The molecular formula is C21H44O4Si2. The van der Waals surface area contributed by atoms with E-state index in [1.165, 1.54) is 0 Å². The molecule has 0 aromatic heterocycles. The third kappa shape index (κ3) is 9.92. The second kappa shape index (κ2) is 10.2. The van der Waals surface area contributed by atoms with E-state index in [1.54, 1.807) is 0 Å². The molecule has 0 aromatic carbocycles. The van der Waals surface area contributed by atoms with Crippen LogP contribution in [0.15, 0.2) is 0 Å². The van der Waals surface area contributed by atoms with Crippen LogP contribution < -0.4 is 0 Å². The van der Waals surface area contributed by atoms with Gasteiger partial charge in [0.05, 0.1) is 0 Å². The molecule has 6 heteroatoms. The molecule has 0 aliphatic rings. The molecule has 27 heavy (non-hydrogen) atoms. The molecule has 0 spiro atoms. The zero-order chi connectivity index (χ0) is 21.5. The Morgan fingerprint density at radius 3 is 1.11 bits per heavy atom. The second-order valence-electron chi connectivity index (χ2n) is 10.7. The minimum Gasteiger partial charge on any atom is -0.519 e. The predicted molar refractivity (Wildman–Crippen MR) is 119 cm³/mol. The summed E-state index contributed by atoms with van der Waals surface area (Å²) in [5.74, 6) is -0.112. The van der Waals surface area contributed by atoms with Gasteiger partial charge in [0, 0.05) is 12.8 Å². The number of hydrogen-bond acceptors (Lipinski definition) is 4. The summed E-state index contributed by atoms with van der Waals surface area (Å²) in [6.45, 7) is 21.3. The molecule has 0 amide bonds. The van der Waals surface area contributed by atoms with Crippen LogP contribution in [0.3, 0.4) is 0 Å². The highest BCUT2D eigenvalue weighted by atomic mass is 28.4. The van der Waals surface area contributed by atoms with E-state index in [9.17, 15) is 9.59 Å². The molecule has 0 fully saturated rings. The lowest BCUT2D eigenvalue weighted by molar-refractivity contribution is -0.136. The lowest BCUT2D eigenvalue weighted by Crippen LogP contribution is -2.42. The maximum Gasteiger partial charge on any atom is 0.292 e. The van der Waals surface area contributed by atoms with Gasteiger partial charge in [-0.15, -0.1) is 0 Å². The van der Waals surface area contributed by atoms with Crippen molar-refractivity contribution in [1.29, 1.82) is 0 Å². The van der Waals surface area contributed by atoms with Crippen molar-refractivity contribution in [3.63, 3.8) is 0 Å². The summed E-state index contributed by atoms with van der Waals surface area (Å²) in [6.07, 6.45) is 5.78. The Labute approximate surface area is 170 Å². The number of rotatable bonds is 10. The molecule has 0 radical (unpaired) electrons. The highest BCUT2D eigenvalue weighted by molar-refractivity contribution is 6.75. The highest BCUT2D eigenvalue weighted by Crippen LogP contribution is 2.37. The molecule has 0 aliphatic carbocycles. The Bertz CT molecular complexity index is 441. The summed E-state index contributed by atoms with van der Waals surface area (Å²) in [5.41, 5.74) is 0. The Kier molecular flexibility index (Phi) is 10.00. The van der Waals surface area contributed by atoms with Crippen LogP contribution in [0.4, 0.5) is 0 Å². The summed E-state index contributed by atoms with van der Waals surface area (Å²) in [4.78, 5) is 24.1. The molecule has 0 heterocycles. The summed E-state index contributed by atoms with van der Waals surface area (Å²) in [7, 11) is -3.99. The third-order valence-electron chi connectivity index (χ3n) is 6.11. The van der Waals surface area contributed by atoms with Gasteiger partial charge in [0.15, 0.2) is 0 Å². The Morgan fingerprint density at radius 1 is 0.593 bits per heavy atom. The average molecular weight is 417 g/mol. The normalized spacial score (nSPS) is 13.4. The maximum absolute atomic E-state index is 12.1. The number of unbranched alkanes of at least 4 members (excludes halogenated alkanes) is 4. The van der Waals surface area contributed by atoms with Gasteiger partial charge in [-0.3, -0.25) is 9.59 Å². The zero-order valence-corrected chi connectivity index (χ0v) is 21.6. The van der Waals surface area contributed by atoms with Gasteiger partial charge in [0.25, 0.3) is 28.6 Å². The van der Waals surface area contributed by atoms with Crippen molar-refractivity contribution >= 4 is 28.6 Å². The minimum absolute atomic E-state index is 0.0560. The van der Waals surface area contributed by atoms with Crippen LogP contribution in [0.25, 0.3) is 0 Å². The molecule has 0 aliphatic heterocycles. The first kappa shape index (κ1) is 26.4. The standard InChI is InChI=1S/C21H44O4Si2/c1-20(2,3)26(7,8)24-18(22)16-14-12-11-13-15-17-19(23)25-27(9,10)21(4,5)6/h11-17H2,1-10H3. The SMILES string of the molecule is CC(C)(C)[Si](C)(C)OC(=O)CCCCCCCC(=O)O[Si](C)(C)C(C)(C)C. The summed E-state index contributed by atoms with van der Waals surface area (Å²) >= 11 is 0. The van der Waals surface area contributed by atoms with Gasteiger partial charge < -0.3 is 8.85 Å². The van der Waals surface area contributed by atoms with Gasteiger partial charge in [-0.1, -0.05) is 60.8 Å². The molecule has 0 unspecified atom stereocenters. The number of carbonyl (C=O) groups excluding carboxylic acids is 2. The van der Waals surface area contributed by atoms with E-state index >= 15 is 0 Å². The van der Waals surface area contributed by atoms with Crippen molar-refractivity contribution in [3.8, 4) is 0 Å². The first-order chi connectivity index (χ1) is 12.0. The van der Waals surface area contributed by atoms with E-state index in [0.29, 0.717) is 12.8 Å². The van der Waals surface area contributed by atoms with Crippen molar-refractivity contribution in [2.45, 2.75) is 123 Å². The number of carbonyl (C=O) groups is 2. The second-order valence-corrected chi connectivity index (χ2v) is 20.2. The van der Waals surface area contributed by atoms with Crippen molar-refractivity contribution in [2.75, 3.05) is 0 Å². The van der Waals surface area contributed by atoms with Crippen LogP contribution >= 0.6 is 0 Å². The van der Waals surface area contributed by atoms with Crippen LogP contribution in [-0.2, 0) is 18.4 Å². The Morgan fingerprint density at radius 2 is 0.852 bits per heavy atom. The summed E-state index contributed by atoms with van der Waals surface area (Å²) < 4.78 is 11.6. The van der Waals surface area contributed by atoms with Crippen LogP contribution in [0.5, 0.6) is 0 Å². The van der Waals surface area contributed by atoms with Crippen molar-refractivity contribution in [1.82, 2.24) is 0 Å². The van der Waals surface area contributed by atoms with Crippen LogP contribution in [0, 0.1) is 0 Å². The van der Waals surface area contributed by atoms with E-state index in [2.05, 4.69) is 67.7 Å². The molecule has 0 saturated carbocycles. The fraction of sp³-hybridized carbons (Fsp3) is 0.905. The largest absolute Gasteiger partial charge is 0.519 e. The van der Waals surface area contributed by atoms with Crippen LogP contribution in [0.2, 0.25) is 36.3 Å². The quantitative estimate of drug-likeness (QED) is 0.290. The minimum atomic E-state index is -1.99. The van der Waals surface area contributed by atoms with Gasteiger partial charge in [0.2, 0.25) is 0 Å². The molecule has 0 bridgehead atoms. The zero-order valence-electron chi connectivity index (χ0n) is 19.6. The van der Waals surface area contributed by atoms with Crippen LogP contribution in [0.1, 0.15) is 86.5 Å². The highest BCUT2D eigenvalue weighted by Gasteiger charge is 2.41. The van der Waals surface area contributed by atoms with Crippen molar-refractivity contribution < 1.29 is 18.4 Å². The van der Waals surface area contributed by atoms with E-state index in [4.69, 9.17) is 8.85 Å². The topological polar surface area (TPSA) is 52.6 Å². The van der Waals surface area contributed by atoms with Crippen molar-refractivity contribution in [2.24, 2.45) is 0 Å². The van der Waals surface area contributed by atoms with E-state index in [-0.39, 0.29) is 22.0 Å².